The van der Waals surface area contributed by atoms with Gasteiger partial charge in [0.25, 0.3) is 0 Å². The van der Waals surface area contributed by atoms with Crippen molar-refractivity contribution in [2.24, 2.45) is 17.3 Å². The summed E-state index contributed by atoms with van der Waals surface area (Å²) < 4.78 is 44.7. The fraction of sp³-hybridized carbons (Fsp3) is 0.636. The number of carbonyl (C=O) groups is 2. The van der Waals surface area contributed by atoms with E-state index in [0.29, 0.717) is 44.9 Å². The van der Waals surface area contributed by atoms with Crippen LogP contribution in [0.15, 0.2) is 12.1 Å². The van der Waals surface area contributed by atoms with E-state index in [2.05, 4.69) is 10.6 Å². The molecule has 0 unspecified atom stereocenters. The molecular formula is C22H26ClF3N2O2. The summed E-state index contributed by atoms with van der Waals surface area (Å²) in [5.41, 5.74) is -2.37. The van der Waals surface area contributed by atoms with Gasteiger partial charge in [0.15, 0.2) is 0 Å². The maximum atomic E-state index is 15.0. The van der Waals surface area contributed by atoms with Gasteiger partial charge in [0.2, 0.25) is 11.8 Å². The molecule has 0 saturated heterocycles. The van der Waals surface area contributed by atoms with E-state index in [1.54, 1.807) is 7.05 Å². The fourth-order valence-corrected chi connectivity index (χ4v) is 6.00. The highest BCUT2D eigenvalue weighted by Crippen LogP contribution is 2.63. The zero-order chi connectivity index (χ0) is 21.7. The van der Waals surface area contributed by atoms with Crippen LogP contribution >= 0.6 is 11.6 Å². The van der Waals surface area contributed by atoms with Crippen molar-refractivity contribution in [2.75, 3.05) is 7.05 Å². The first-order chi connectivity index (χ1) is 14.2. The zero-order valence-corrected chi connectivity index (χ0v) is 17.6. The number of alkyl halides is 1. The molecule has 3 aliphatic rings. The fourth-order valence-electron chi connectivity index (χ4n) is 5.83. The highest BCUT2D eigenvalue weighted by Gasteiger charge is 2.59. The highest BCUT2D eigenvalue weighted by molar-refractivity contribution is 6.30. The Morgan fingerprint density at radius 1 is 1.10 bits per heavy atom. The molecule has 3 aliphatic carbocycles. The molecule has 3 saturated carbocycles. The molecule has 0 radical (unpaired) electrons. The van der Waals surface area contributed by atoms with Crippen LogP contribution in [0.1, 0.15) is 63.0 Å². The van der Waals surface area contributed by atoms with Crippen molar-refractivity contribution in [3.05, 3.63) is 34.4 Å². The third-order valence-corrected chi connectivity index (χ3v) is 7.79. The van der Waals surface area contributed by atoms with Crippen molar-refractivity contribution < 1.29 is 22.8 Å². The number of halogens is 4. The number of rotatable bonds is 5. The zero-order valence-electron chi connectivity index (χ0n) is 16.9. The second kappa shape index (κ2) is 7.74. The first-order valence-corrected chi connectivity index (χ1v) is 10.9. The molecule has 164 valence electrons. The Hall–Kier alpha value is -1.76. The Balaban J connectivity index is 1.64. The van der Waals surface area contributed by atoms with Gasteiger partial charge in [0.1, 0.15) is 17.3 Å². The lowest BCUT2D eigenvalue weighted by Gasteiger charge is -2.37. The van der Waals surface area contributed by atoms with E-state index in [1.807, 2.05) is 0 Å². The second-order valence-corrected chi connectivity index (χ2v) is 9.62. The Labute approximate surface area is 178 Å². The van der Waals surface area contributed by atoms with Gasteiger partial charge in [-0.15, -0.1) is 0 Å². The molecule has 2 N–H and O–H groups in total. The van der Waals surface area contributed by atoms with E-state index >= 15 is 0 Å². The Kier molecular flexibility index (Phi) is 5.54. The summed E-state index contributed by atoms with van der Waals surface area (Å²) in [5, 5.41) is 5.23. The smallest absolute Gasteiger partial charge is 0.223 e. The molecule has 8 heteroatoms. The van der Waals surface area contributed by atoms with E-state index < -0.39 is 34.7 Å². The summed E-state index contributed by atoms with van der Waals surface area (Å²) in [6.07, 6.45) is 3.21. The molecule has 4 rings (SSSR count). The monoisotopic (exact) mass is 442 g/mol. The summed E-state index contributed by atoms with van der Waals surface area (Å²) in [6.45, 7) is 0. The number of benzene rings is 1. The Morgan fingerprint density at radius 3 is 2.30 bits per heavy atom. The molecule has 0 heterocycles. The number of hydrogen-bond acceptors (Lipinski definition) is 2. The molecule has 1 aromatic carbocycles. The Bertz CT molecular complexity index is 870. The van der Waals surface area contributed by atoms with Crippen molar-refractivity contribution in [3.63, 3.8) is 0 Å². The number of amides is 2. The first-order valence-electron chi connectivity index (χ1n) is 10.5. The third kappa shape index (κ3) is 3.59. The molecule has 3 fully saturated rings. The van der Waals surface area contributed by atoms with E-state index in [1.165, 1.54) is 0 Å². The summed E-state index contributed by atoms with van der Waals surface area (Å²) in [7, 11) is 1.55. The van der Waals surface area contributed by atoms with Gasteiger partial charge >= 0.3 is 0 Å². The molecular weight excluding hydrogens is 417 g/mol. The molecule has 0 spiro atoms. The molecule has 4 nitrogen and oxygen atoms in total. The van der Waals surface area contributed by atoms with Gasteiger partial charge in [-0.1, -0.05) is 11.6 Å². The minimum absolute atomic E-state index is 0.110. The van der Waals surface area contributed by atoms with Gasteiger partial charge in [0, 0.05) is 24.4 Å². The molecule has 3 atom stereocenters. The lowest BCUT2D eigenvalue weighted by Crippen LogP contribution is -2.42. The van der Waals surface area contributed by atoms with Crippen LogP contribution in [-0.2, 0) is 9.59 Å². The van der Waals surface area contributed by atoms with Crippen molar-refractivity contribution in [3.8, 4) is 0 Å². The molecule has 2 bridgehead atoms. The largest absolute Gasteiger partial charge is 0.359 e. The van der Waals surface area contributed by atoms with Gasteiger partial charge in [-0.3, -0.25) is 9.59 Å². The number of hydrogen-bond donors (Lipinski definition) is 2. The normalized spacial score (nSPS) is 33.5. The molecule has 1 aromatic rings. The summed E-state index contributed by atoms with van der Waals surface area (Å²) in [4.78, 5) is 25.0. The summed E-state index contributed by atoms with van der Waals surface area (Å²) in [5.74, 6) is -2.83. The van der Waals surface area contributed by atoms with Crippen LogP contribution < -0.4 is 10.6 Å². The van der Waals surface area contributed by atoms with Crippen molar-refractivity contribution in [2.45, 2.75) is 63.1 Å². The van der Waals surface area contributed by atoms with Gasteiger partial charge in [-0.2, -0.15) is 0 Å². The summed E-state index contributed by atoms with van der Waals surface area (Å²) in [6, 6.07) is 1.23. The van der Waals surface area contributed by atoms with Crippen molar-refractivity contribution in [1.29, 1.82) is 0 Å². The maximum Gasteiger partial charge on any atom is 0.223 e. The van der Waals surface area contributed by atoms with Gasteiger partial charge in [-0.05, 0) is 68.9 Å². The van der Waals surface area contributed by atoms with Crippen molar-refractivity contribution in [1.82, 2.24) is 10.6 Å². The lowest BCUT2D eigenvalue weighted by molar-refractivity contribution is -0.127. The van der Waals surface area contributed by atoms with Gasteiger partial charge in [-0.25, -0.2) is 13.2 Å². The predicted molar refractivity (Wildman–Crippen MR) is 107 cm³/mol. The van der Waals surface area contributed by atoms with Crippen LogP contribution in [0.25, 0.3) is 0 Å². The van der Waals surface area contributed by atoms with Crippen LogP contribution in [0, 0.1) is 28.9 Å². The maximum absolute atomic E-state index is 15.0. The molecule has 0 aliphatic heterocycles. The third-order valence-electron chi connectivity index (χ3n) is 7.50. The van der Waals surface area contributed by atoms with E-state index in [9.17, 15) is 22.8 Å². The van der Waals surface area contributed by atoms with Crippen LogP contribution in [0.4, 0.5) is 13.2 Å². The van der Waals surface area contributed by atoms with E-state index in [0.717, 1.165) is 12.1 Å². The quantitative estimate of drug-likeness (QED) is 0.654. The van der Waals surface area contributed by atoms with Crippen molar-refractivity contribution >= 4 is 23.4 Å². The van der Waals surface area contributed by atoms with Gasteiger partial charge < -0.3 is 10.6 Å². The van der Waals surface area contributed by atoms with Gasteiger partial charge in [0.05, 0.1) is 11.1 Å². The topological polar surface area (TPSA) is 58.2 Å². The SMILES string of the molecule is CNC(=O)[C@H]1CC[C@@H](C(=O)N[C@H](c2c(F)ccc(Cl)c2F)C23CCC(F)(CC2)C3)C1. The van der Waals surface area contributed by atoms with E-state index in [4.69, 9.17) is 11.6 Å². The molecule has 30 heavy (non-hydrogen) atoms. The lowest BCUT2D eigenvalue weighted by atomic mass is 9.74. The Morgan fingerprint density at radius 2 is 1.73 bits per heavy atom. The minimum Gasteiger partial charge on any atom is -0.359 e. The average Bonchev–Trinajstić information content (AvgIpc) is 3.43. The predicted octanol–water partition coefficient (Wildman–Crippen LogP) is 4.61. The average molecular weight is 443 g/mol. The number of carbonyl (C=O) groups excluding carboxylic acids is 2. The molecule has 2 amide bonds. The number of fused-ring (bicyclic) bond motifs is 2. The highest BCUT2D eigenvalue weighted by atomic mass is 35.5. The van der Waals surface area contributed by atoms with E-state index in [-0.39, 0.29) is 34.7 Å². The first kappa shape index (κ1) is 21.5. The van der Waals surface area contributed by atoms with Crippen LogP contribution in [0.5, 0.6) is 0 Å². The standard InChI is InChI=1S/C22H26ClF3N2O2/c1-27-19(29)12-2-3-13(10-12)20(30)28-18(16-15(24)5-4-14(23)17(16)25)21-6-8-22(26,11-21)9-7-21/h4-5,12-13,18H,2-3,6-11H2,1H3,(H,27,29)(H,28,30)/t12-,13+,18+,21?,22?/m0/s1. The van der Waals surface area contributed by atoms with Crippen LogP contribution in [-0.4, -0.2) is 24.5 Å². The number of nitrogens with one attached hydrogen (secondary N) is 2. The van der Waals surface area contributed by atoms with Crippen LogP contribution in [0.3, 0.4) is 0 Å². The second-order valence-electron chi connectivity index (χ2n) is 9.21. The minimum atomic E-state index is -1.34. The molecule has 0 aromatic heterocycles. The van der Waals surface area contributed by atoms with Crippen LogP contribution in [0.2, 0.25) is 5.02 Å². The summed E-state index contributed by atoms with van der Waals surface area (Å²) >= 11 is 5.92.